The second kappa shape index (κ2) is 5.67. The maximum atomic E-state index is 13.8. The highest BCUT2D eigenvalue weighted by molar-refractivity contribution is 9.10. The second-order valence-corrected chi connectivity index (χ2v) is 4.90. The smallest absolute Gasteiger partial charge is 0.166 e. The van der Waals surface area contributed by atoms with E-state index >= 15 is 0 Å². The van der Waals surface area contributed by atoms with E-state index in [2.05, 4.69) is 15.9 Å². The summed E-state index contributed by atoms with van der Waals surface area (Å²) in [6.07, 6.45) is -0.747. The van der Waals surface area contributed by atoms with Gasteiger partial charge >= 0.3 is 0 Å². The lowest BCUT2D eigenvalue weighted by atomic mass is 10.1. The van der Waals surface area contributed by atoms with Crippen LogP contribution in [0, 0.1) is 11.6 Å². The molecule has 0 heterocycles. The van der Waals surface area contributed by atoms with Crippen LogP contribution < -0.4 is 4.74 Å². The summed E-state index contributed by atoms with van der Waals surface area (Å²) < 4.78 is 32.4. The maximum Gasteiger partial charge on any atom is 0.166 e. The van der Waals surface area contributed by atoms with E-state index in [1.165, 1.54) is 30.3 Å². The molecule has 0 fully saturated rings. The summed E-state index contributed by atoms with van der Waals surface area (Å²) in [7, 11) is 0. The zero-order chi connectivity index (χ0) is 14.0. The molecule has 1 atom stereocenters. The number of benzene rings is 2. The van der Waals surface area contributed by atoms with Gasteiger partial charge in [-0.1, -0.05) is 6.07 Å². The van der Waals surface area contributed by atoms with Gasteiger partial charge in [0.2, 0.25) is 0 Å². The number of hydrogen-bond donors (Lipinski definition) is 1. The van der Waals surface area contributed by atoms with Gasteiger partial charge in [0.25, 0.3) is 0 Å². The average molecular weight is 329 g/mol. The molecule has 5 heteroatoms. The van der Waals surface area contributed by atoms with Crippen LogP contribution in [0.25, 0.3) is 0 Å². The van der Waals surface area contributed by atoms with Gasteiger partial charge in [-0.3, -0.25) is 0 Å². The van der Waals surface area contributed by atoms with Gasteiger partial charge in [0.05, 0.1) is 10.6 Å². The van der Waals surface area contributed by atoms with Crippen molar-refractivity contribution in [1.82, 2.24) is 0 Å². The molecule has 2 aromatic rings. The molecule has 0 unspecified atom stereocenters. The number of hydrogen-bond acceptors (Lipinski definition) is 2. The van der Waals surface area contributed by atoms with Crippen molar-refractivity contribution in [3.8, 4) is 11.5 Å². The lowest BCUT2D eigenvalue weighted by molar-refractivity contribution is 0.198. The Hall–Kier alpha value is -1.46. The largest absolute Gasteiger partial charge is 0.454 e. The van der Waals surface area contributed by atoms with E-state index in [1.54, 1.807) is 13.0 Å². The van der Waals surface area contributed by atoms with Gasteiger partial charge in [-0.15, -0.1) is 0 Å². The number of aliphatic hydroxyl groups excluding tert-OH is 1. The minimum atomic E-state index is -0.747. The van der Waals surface area contributed by atoms with Crippen LogP contribution in [0.5, 0.6) is 11.5 Å². The van der Waals surface area contributed by atoms with E-state index in [0.717, 1.165) is 0 Å². The van der Waals surface area contributed by atoms with Crippen molar-refractivity contribution in [2.24, 2.45) is 0 Å². The third-order valence-corrected chi connectivity index (χ3v) is 3.16. The normalized spacial score (nSPS) is 12.3. The summed E-state index contributed by atoms with van der Waals surface area (Å²) in [6, 6.07) is 8.25. The van der Waals surface area contributed by atoms with Crippen LogP contribution in [0.1, 0.15) is 18.6 Å². The van der Waals surface area contributed by atoms with Gasteiger partial charge < -0.3 is 9.84 Å². The average Bonchev–Trinajstić information content (AvgIpc) is 2.36. The highest BCUT2D eigenvalue weighted by Gasteiger charge is 2.09. The maximum absolute atomic E-state index is 13.8. The first kappa shape index (κ1) is 14.0. The minimum Gasteiger partial charge on any atom is -0.454 e. The Kier molecular flexibility index (Phi) is 4.17. The highest BCUT2D eigenvalue weighted by Crippen LogP contribution is 2.29. The molecule has 0 aliphatic rings. The van der Waals surface area contributed by atoms with Crippen molar-refractivity contribution in [3.05, 3.63) is 58.1 Å². The molecule has 0 amide bonds. The van der Waals surface area contributed by atoms with Crippen LogP contribution in [-0.2, 0) is 0 Å². The highest BCUT2D eigenvalue weighted by atomic mass is 79.9. The summed E-state index contributed by atoms with van der Waals surface area (Å²) in [6.45, 7) is 1.55. The van der Waals surface area contributed by atoms with Crippen molar-refractivity contribution in [2.45, 2.75) is 13.0 Å². The van der Waals surface area contributed by atoms with Crippen LogP contribution in [-0.4, -0.2) is 5.11 Å². The molecule has 0 saturated heterocycles. The SMILES string of the molecule is C[C@H](O)c1ccc(Oc2ccc(F)c(Br)c2)c(F)c1. The van der Waals surface area contributed by atoms with Crippen LogP contribution in [0.2, 0.25) is 0 Å². The molecule has 0 radical (unpaired) electrons. The Morgan fingerprint density at radius 2 is 1.84 bits per heavy atom. The Morgan fingerprint density at radius 3 is 2.42 bits per heavy atom. The summed E-state index contributed by atoms with van der Waals surface area (Å²) >= 11 is 3.03. The zero-order valence-corrected chi connectivity index (χ0v) is 11.6. The lowest BCUT2D eigenvalue weighted by Gasteiger charge is -2.10. The van der Waals surface area contributed by atoms with Gasteiger partial charge in [-0.2, -0.15) is 0 Å². The van der Waals surface area contributed by atoms with E-state index < -0.39 is 17.7 Å². The molecule has 0 aromatic heterocycles. The predicted molar refractivity (Wildman–Crippen MR) is 71.2 cm³/mol. The summed E-state index contributed by atoms with van der Waals surface area (Å²) in [5, 5.41) is 9.34. The van der Waals surface area contributed by atoms with Gasteiger partial charge in [0.1, 0.15) is 11.6 Å². The standard InChI is InChI=1S/C14H11BrF2O2/c1-8(18)9-2-5-14(13(17)6-9)19-10-3-4-12(16)11(15)7-10/h2-8,18H,1H3/t8-/m0/s1. The first-order valence-corrected chi connectivity index (χ1v) is 6.37. The molecule has 2 nitrogen and oxygen atoms in total. The van der Waals surface area contributed by atoms with Gasteiger partial charge in [-0.05, 0) is 58.7 Å². The van der Waals surface area contributed by atoms with Crippen LogP contribution in [0.15, 0.2) is 40.9 Å². The fraction of sp³-hybridized carbons (Fsp3) is 0.143. The lowest BCUT2D eigenvalue weighted by Crippen LogP contribution is -1.94. The van der Waals surface area contributed by atoms with Gasteiger partial charge in [-0.25, -0.2) is 8.78 Å². The number of rotatable bonds is 3. The van der Waals surface area contributed by atoms with E-state index in [-0.39, 0.29) is 10.2 Å². The second-order valence-electron chi connectivity index (χ2n) is 4.04. The Labute approximate surface area is 117 Å². The Morgan fingerprint density at radius 1 is 1.11 bits per heavy atom. The molecular formula is C14H11BrF2O2. The zero-order valence-electron chi connectivity index (χ0n) is 10.0. The van der Waals surface area contributed by atoms with Gasteiger partial charge in [0.15, 0.2) is 11.6 Å². The molecule has 2 aromatic carbocycles. The first-order chi connectivity index (χ1) is 8.97. The molecule has 100 valence electrons. The topological polar surface area (TPSA) is 29.5 Å². The Balaban J connectivity index is 2.25. The molecule has 0 spiro atoms. The summed E-state index contributed by atoms with van der Waals surface area (Å²) in [5.74, 6) is -0.670. The van der Waals surface area contributed by atoms with Crippen molar-refractivity contribution >= 4 is 15.9 Å². The van der Waals surface area contributed by atoms with Crippen LogP contribution in [0.4, 0.5) is 8.78 Å². The van der Waals surface area contributed by atoms with E-state index in [4.69, 9.17) is 4.74 Å². The third-order valence-electron chi connectivity index (χ3n) is 2.56. The molecule has 0 aliphatic heterocycles. The van der Waals surface area contributed by atoms with Crippen molar-refractivity contribution in [3.63, 3.8) is 0 Å². The van der Waals surface area contributed by atoms with E-state index in [1.807, 2.05) is 0 Å². The van der Waals surface area contributed by atoms with Crippen molar-refractivity contribution in [1.29, 1.82) is 0 Å². The quantitative estimate of drug-likeness (QED) is 0.894. The fourth-order valence-electron chi connectivity index (χ4n) is 1.53. The number of aliphatic hydroxyl groups is 1. The molecule has 0 saturated carbocycles. The first-order valence-electron chi connectivity index (χ1n) is 5.58. The minimum absolute atomic E-state index is 0.0166. The van der Waals surface area contributed by atoms with E-state index in [0.29, 0.717) is 11.3 Å². The molecule has 19 heavy (non-hydrogen) atoms. The summed E-state index contributed by atoms with van der Waals surface area (Å²) in [5.41, 5.74) is 0.463. The monoisotopic (exact) mass is 328 g/mol. The predicted octanol–water partition coefficient (Wildman–Crippen LogP) is 4.57. The molecular weight excluding hydrogens is 318 g/mol. The van der Waals surface area contributed by atoms with Crippen LogP contribution in [0.3, 0.4) is 0 Å². The summed E-state index contributed by atoms with van der Waals surface area (Å²) in [4.78, 5) is 0. The molecule has 2 rings (SSSR count). The third kappa shape index (κ3) is 3.30. The van der Waals surface area contributed by atoms with Crippen molar-refractivity contribution < 1.29 is 18.6 Å². The van der Waals surface area contributed by atoms with E-state index in [9.17, 15) is 13.9 Å². The van der Waals surface area contributed by atoms with Crippen LogP contribution >= 0.6 is 15.9 Å². The van der Waals surface area contributed by atoms with Crippen molar-refractivity contribution in [2.75, 3.05) is 0 Å². The number of halogens is 3. The molecule has 1 N–H and O–H groups in total. The molecule has 0 bridgehead atoms. The fourth-order valence-corrected chi connectivity index (χ4v) is 1.88. The molecule has 0 aliphatic carbocycles. The number of ether oxygens (including phenoxy) is 1. The Bertz CT molecular complexity index is 600. The van der Waals surface area contributed by atoms with Gasteiger partial charge in [0, 0.05) is 0 Å².